The van der Waals surface area contributed by atoms with Crippen molar-refractivity contribution in [2.24, 2.45) is 5.41 Å². The molecule has 0 bridgehead atoms. The molecule has 1 spiro atoms. The highest BCUT2D eigenvalue weighted by atomic mass is 16.5. The van der Waals surface area contributed by atoms with Crippen LogP contribution in [-0.2, 0) is 9.53 Å². The molecule has 3 atom stereocenters. The first-order chi connectivity index (χ1) is 11.6. The number of carbonyl (C=O) groups excluding carboxylic acids is 1. The van der Waals surface area contributed by atoms with Gasteiger partial charge in [-0.05, 0) is 39.7 Å². The van der Waals surface area contributed by atoms with Gasteiger partial charge in [0.15, 0.2) is 0 Å². The number of nitrogens with zero attached hydrogens (tertiary/aromatic N) is 2. The Morgan fingerprint density at radius 2 is 2.08 bits per heavy atom. The van der Waals surface area contributed by atoms with Crippen LogP contribution in [0.25, 0.3) is 0 Å². The van der Waals surface area contributed by atoms with Gasteiger partial charge in [-0.3, -0.25) is 4.79 Å². The molecule has 0 radical (unpaired) electrons. The van der Waals surface area contributed by atoms with Crippen molar-refractivity contribution >= 4 is 5.91 Å². The third-order valence-corrected chi connectivity index (χ3v) is 6.53. The molecule has 0 aromatic heterocycles. The van der Waals surface area contributed by atoms with E-state index in [9.17, 15) is 9.90 Å². The number of aliphatic hydroxyl groups is 1. The van der Waals surface area contributed by atoms with E-state index in [-0.39, 0.29) is 5.91 Å². The predicted molar refractivity (Wildman–Crippen MR) is 93.8 cm³/mol. The van der Waals surface area contributed by atoms with Crippen LogP contribution < -0.4 is 0 Å². The lowest BCUT2D eigenvalue weighted by atomic mass is 9.54. The number of ether oxygens (including phenoxy) is 1. The quantitative estimate of drug-likeness (QED) is 0.772. The molecule has 5 heteroatoms. The van der Waals surface area contributed by atoms with Crippen LogP contribution in [0.15, 0.2) is 0 Å². The third-order valence-electron chi connectivity index (χ3n) is 6.53. The number of aliphatic hydroxyl groups excluding tert-OH is 1. The standard InChI is InChI=1S/C19H34N2O3/c1-3-24-17-12-16(19(17)9-5-4-6-10-19)20(2)13-15(22)14-21-11-7-8-18(21)23/h15-17,22H,3-14H2,1-2H3/t15-,16-,17-/m1/s1. The van der Waals surface area contributed by atoms with E-state index < -0.39 is 6.10 Å². The number of hydrogen-bond donors (Lipinski definition) is 1. The van der Waals surface area contributed by atoms with Crippen molar-refractivity contribution < 1.29 is 14.6 Å². The van der Waals surface area contributed by atoms with E-state index in [0.717, 1.165) is 26.0 Å². The second-order valence-corrected chi connectivity index (χ2v) is 8.03. The average molecular weight is 338 g/mol. The number of likely N-dealkylation sites (N-methyl/N-ethyl adjacent to an activating group) is 1. The van der Waals surface area contributed by atoms with Crippen molar-refractivity contribution in [2.75, 3.05) is 33.3 Å². The van der Waals surface area contributed by atoms with Crippen molar-refractivity contribution in [3.05, 3.63) is 0 Å². The van der Waals surface area contributed by atoms with Crippen LogP contribution in [0.5, 0.6) is 0 Å². The lowest BCUT2D eigenvalue weighted by Gasteiger charge is -2.60. The van der Waals surface area contributed by atoms with Gasteiger partial charge in [-0.25, -0.2) is 0 Å². The first kappa shape index (κ1) is 18.2. The second-order valence-electron chi connectivity index (χ2n) is 8.03. The van der Waals surface area contributed by atoms with Crippen molar-refractivity contribution in [3.63, 3.8) is 0 Å². The van der Waals surface area contributed by atoms with Gasteiger partial charge in [0, 0.05) is 44.1 Å². The zero-order chi connectivity index (χ0) is 17.2. The van der Waals surface area contributed by atoms with E-state index in [1.54, 1.807) is 0 Å². The van der Waals surface area contributed by atoms with E-state index in [1.165, 1.54) is 32.1 Å². The summed E-state index contributed by atoms with van der Waals surface area (Å²) in [5.41, 5.74) is 0.298. The minimum Gasteiger partial charge on any atom is -0.390 e. The highest BCUT2D eigenvalue weighted by molar-refractivity contribution is 5.78. The van der Waals surface area contributed by atoms with E-state index in [0.29, 0.717) is 37.1 Å². The molecule has 138 valence electrons. The van der Waals surface area contributed by atoms with Gasteiger partial charge in [0.05, 0.1) is 12.2 Å². The summed E-state index contributed by atoms with van der Waals surface area (Å²) in [6, 6.07) is 0.512. The van der Waals surface area contributed by atoms with Crippen molar-refractivity contribution in [1.82, 2.24) is 9.80 Å². The minimum absolute atomic E-state index is 0.195. The number of carbonyl (C=O) groups is 1. The van der Waals surface area contributed by atoms with E-state index in [4.69, 9.17) is 4.74 Å². The molecule has 1 heterocycles. The number of rotatable bonds is 7. The SMILES string of the molecule is CCO[C@@H]1C[C@@H](N(C)C[C@@H](O)CN2CCCC2=O)C12CCCCC2. The summed E-state index contributed by atoms with van der Waals surface area (Å²) in [6.07, 6.45) is 9.07. The van der Waals surface area contributed by atoms with Gasteiger partial charge in [0.25, 0.3) is 0 Å². The van der Waals surface area contributed by atoms with Crippen molar-refractivity contribution in [3.8, 4) is 0 Å². The van der Waals surface area contributed by atoms with Crippen LogP contribution in [0, 0.1) is 5.41 Å². The molecule has 2 aliphatic carbocycles. The van der Waals surface area contributed by atoms with Gasteiger partial charge < -0.3 is 19.6 Å². The lowest BCUT2D eigenvalue weighted by molar-refractivity contribution is -0.181. The fourth-order valence-corrected chi connectivity index (χ4v) is 5.31. The maximum absolute atomic E-state index is 11.7. The molecule has 3 fully saturated rings. The molecule has 1 N–H and O–H groups in total. The summed E-state index contributed by atoms with van der Waals surface area (Å²) in [5, 5.41) is 10.5. The molecule has 0 unspecified atom stereocenters. The molecule has 1 amide bonds. The number of amides is 1. The molecule has 0 aromatic rings. The normalized spacial score (nSPS) is 30.8. The largest absolute Gasteiger partial charge is 0.390 e. The minimum atomic E-state index is -0.455. The van der Waals surface area contributed by atoms with E-state index >= 15 is 0 Å². The van der Waals surface area contributed by atoms with E-state index in [2.05, 4.69) is 18.9 Å². The Labute approximate surface area is 146 Å². The molecule has 24 heavy (non-hydrogen) atoms. The summed E-state index contributed by atoms with van der Waals surface area (Å²) >= 11 is 0. The molecule has 3 rings (SSSR count). The predicted octanol–water partition coefficient (Wildman–Crippen LogP) is 2.03. The fraction of sp³-hybridized carbons (Fsp3) is 0.947. The molecule has 3 aliphatic rings. The van der Waals surface area contributed by atoms with Crippen LogP contribution in [0.4, 0.5) is 0 Å². The summed E-state index contributed by atoms with van der Waals surface area (Å²) in [7, 11) is 2.14. The van der Waals surface area contributed by atoms with Crippen molar-refractivity contribution in [1.29, 1.82) is 0 Å². The Bertz CT molecular complexity index is 436. The van der Waals surface area contributed by atoms with Gasteiger partial charge in [0.2, 0.25) is 5.91 Å². The van der Waals surface area contributed by atoms with Crippen LogP contribution in [0.2, 0.25) is 0 Å². The number of β-amino-alcohol motifs (C(OH)–C–C–N with tert-alkyl or cyclic N) is 1. The van der Waals surface area contributed by atoms with Gasteiger partial charge in [-0.15, -0.1) is 0 Å². The van der Waals surface area contributed by atoms with Crippen LogP contribution >= 0.6 is 0 Å². The molecular formula is C19H34N2O3. The Morgan fingerprint density at radius 3 is 2.71 bits per heavy atom. The highest BCUT2D eigenvalue weighted by Gasteiger charge is 2.56. The maximum Gasteiger partial charge on any atom is 0.222 e. The summed E-state index contributed by atoms with van der Waals surface area (Å²) in [5.74, 6) is 0.195. The molecular weight excluding hydrogens is 304 g/mol. The number of hydrogen-bond acceptors (Lipinski definition) is 4. The van der Waals surface area contributed by atoms with Gasteiger partial charge in [-0.1, -0.05) is 19.3 Å². The summed E-state index contributed by atoms with van der Waals surface area (Å²) in [6.45, 7) is 4.82. The van der Waals surface area contributed by atoms with Crippen LogP contribution in [0.3, 0.4) is 0 Å². The van der Waals surface area contributed by atoms with Crippen LogP contribution in [-0.4, -0.2) is 72.4 Å². The van der Waals surface area contributed by atoms with Gasteiger partial charge in [-0.2, -0.15) is 0 Å². The Hall–Kier alpha value is -0.650. The van der Waals surface area contributed by atoms with Crippen molar-refractivity contribution in [2.45, 2.75) is 76.5 Å². The highest BCUT2D eigenvalue weighted by Crippen LogP contribution is 2.55. The monoisotopic (exact) mass is 338 g/mol. The lowest BCUT2D eigenvalue weighted by Crippen LogP contribution is -2.65. The zero-order valence-corrected chi connectivity index (χ0v) is 15.4. The maximum atomic E-state index is 11.7. The van der Waals surface area contributed by atoms with Gasteiger partial charge in [0.1, 0.15) is 0 Å². The Morgan fingerprint density at radius 1 is 1.33 bits per heavy atom. The first-order valence-corrected chi connectivity index (χ1v) is 9.84. The summed E-state index contributed by atoms with van der Waals surface area (Å²) in [4.78, 5) is 15.9. The summed E-state index contributed by atoms with van der Waals surface area (Å²) < 4.78 is 6.04. The molecule has 1 saturated heterocycles. The fourth-order valence-electron chi connectivity index (χ4n) is 5.31. The molecule has 1 aliphatic heterocycles. The second kappa shape index (κ2) is 7.71. The Kier molecular flexibility index (Phi) is 5.83. The first-order valence-electron chi connectivity index (χ1n) is 9.84. The number of likely N-dealkylation sites (tertiary alicyclic amines) is 1. The smallest absolute Gasteiger partial charge is 0.222 e. The third kappa shape index (κ3) is 3.49. The Balaban J connectivity index is 1.55. The van der Waals surface area contributed by atoms with Gasteiger partial charge >= 0.3 is 0 Å². The molecule has 0 aromatic carbocycles. The molecule has 2 saturated carbocycles. The van der Waals surface area contributed by atoms with Crippen LogP contribution in [0.1, 0.15) is 58.3 Å². The van der Waals surface area contributed by atoms with E-state index in [1.807, 2.05) is 4.90 Å². The topological polar surface area (TPSA) is 53.0 Å². The zero-order valence-electron chi connectivity index (χ0n) is 15.4. The average Bonchev–Trinajstić information content (AvgIpc) is 2.96. The molecule has 5 nitrogen and oxygen atoms in total.